The number of nitrogens with one attached hydrogen (secondary N) is 1. The zero-order chi connectivity index (χ0) is 22.4. The van der Waals surface area contributed by atoms with E-state index < -0.39 is 15.9 Å². The van der Waals surface area contributed by atoms with Gasteiger partial charge >= 0.3 is 0 Å². The lowest BCUT2D eigenvalue weighted by Gasteiger charge is -2.24. The summed E-state index contributed by atoms with van der Waals surface area (Å²) in [5.41, 5.74) is 1.26. The summed E-state index contributed by atoms with van der Waals surface area (Å²) in [6, 6.07) is 17.6. The molecule has 3 aromatic rings. The molecule has 1 heterocycles. The van der Waals surface area contributed by atoms with Crippen molar-refractivity contribution in [3.63, 3.8) is 0 Å². The van der Waals surface area contributed by atoms with Crippen molar-refractivity contribution in [3.8, 4) is 0 Å². The van der Waals surface area contributed by atoms with Gasteiger partial charge in [0.15, 0.2) is 0 Å². The SMILES string of the molecule is C=CCN(c1ccccc1Cl)S(=O)(=O)c1cccc(C(=O)NC(C)c2ccccn2)c1. The number of rotatable bonds is 8. The number of aromatic nitrogens is 1. The van der Waals surface area contributed by atoms with Gasteiger partial charge in [0.2, 0.25) is 0 Å². The highest BCUT2D eigenvalue weighted by molar-refractivity contribution is 7.92. The van der Waals surface area contributed by atoms with Crippen LogP contribution >= 0.6 is 11.6 Å². The Kier molecular flexibility index (Phi) is 7.09. The summed E-state index contributed by atoms with van der Waals surface area (Å²) >= 11 is 6.24. The predicted octanol–water partition coefficient (Wildman–Crippen LogP) is 4.61. The second kappa shape index (κ2) is 9.76. The van der Waals surface area contributed by atoms with Crippen molar-refractivity contribution in [1.29, 1.82) is 0 Å². The first kappa shape index (κ1) is 22.5. The summed E-state index contributed by atoms with van der Waals surface area (Å²) in [6.45, 7) is 5.49. The first-order chi connectivity index (χ1) is 14.8. The van der Waals surface area contributed by atoms with Crippen LogP contribution in [0.25, 0.3) is 0 Å². The third-order valence-electron chi connectivity index (χ3n) is 4.58. The maximum Gasteiger partial charge on any atom is 0.264 e. The number of carbonyl (C=O) groups excluding carboxylic acids is 1. The van der Waals surface area contributed by atoms with Crippen LogP contribution in [0.1, 0.15) is 29.0 Å². The van der Waals surface area contributed by atoms with Gasteiger partial charge in [-0.2, -0.15) is 0 Å². The van der Waals surface area contributed by atoms with Gasteiger partial charge in [-0.25, -0.2) is 8.42 Å². The molecule has 0 aliphatic rings. The van der Waals surface area contributed by atoms with E-state index in [9.17, 15) is 13.2 Å². The van der Waals surface area contributed by atoms with Gasteiger partial charge in [-0.3, -0.25) is 14.1 Å². The lowest BCUT2D eigenvalue weighted by atomic mass is 10.1. The van der Waals surface area contributed by atoms with Crippen LogP contribution in [0.2, 0.25) is 5.02 Å². The second-order valence-corrected chi connectivity index (χ2v) is 9.02. The average Bonchev–Trinajstić information content (AvgIpc) is 2.78. The van der Waals surface area contributed by atoms with Gasteiger partial charge in [0.1, 0.15) is 0 Å². The minimum Gasteiger partial charge on any atom is -0.344 e. The smallest absolute Gasteiger partial charge is 0.264 e. The molecule has 3 rings (SSSR count). The van der Waals surface area contributed by atoms with E-state index >= 15 is 0 Å². The van der Waals surface area contributed by atoms with E-state index in [0.717, 1.165) is 4.31 Å². The average molecular weight is 456 g/mol. The van der Waals surface area contributed by atoms with E-state index in [1.54, 1.807) is 42.6 Å². The molecule has 0 spiro atoms. The lowest BCUT2D eigenvalue weighted by Crippen LogP contribution is -2.32. The Balaban J connectivity index is 1.91. The quantitative estimate of drug-likeness (QED) is 0.503. The maximum absolute atomic E-state index is 13.4. The van der Waals surface area contributed by atoms with Crippen molar-refractivity contribution < 1.29 is 13.2 Å². The van der Waals surface area contributed by atoms with Crippen molar-refractivity contribution in [3.05, 3.63) is 102 Å². The standard InChI is InChI=1S/C23H22ClN3O3S/c1-3-15-27(22-13-5-4-11-20(22)24)31(29,30)19-10-8-9-18(16-19)23(28)26-17(2)21-12-6-7-14-25-21/h3-14,16-17H,1,15H2,2H3,(H,26,28). The van der Waals surface area contributed by atoms with Crippen LogP contribution in [0.15, 0.2) is 90.5 Å². The van der Waals surface area contributed by atoms with Crippen LogP contribution in [-0.4, -0.2) is 25.9 Å². The molecule has 31 heavy (non-hydrogen) atoms. The lowest BCUT2D eigenvalue weighted by molar-refractivity contribution is 0.0939. The number of para-hydroxylation sites is 1. The van der Waals surface area contributed by atoms with E-state index in [0.29, 0.717) is 16.4 Å². The zero-order valence-corrected chi connectivity index (χ0v) is 18.5. The van der Waals surface area contributed by atoms with Gasteiger partial charge in [-0.05, 0) is 49.4 Å². The topological polar surface area (TPSA) is 79.4 Å². The Bertz CT molecular complexity index is 1180. The Hall–Kier alpha value is -3.16. The van der Waals surface area contributed by atoms with E-state index in [1.165, 1.54) is 24.3 Å². The van der Waals surface area contributed by atoms with Crippen LogP contribution in [0.4, 0.5) is 5.69 Å². The van der Waals surface area contributed by atoms with Gasteiger partial charge in [-0.15, -0.1) is 6.58 Å². The number of nitrogens with zero attached hydrogens (tertiary/aromatic N) is 2. The van der Waals surface area contributed by atoms with Crippen molar-refractivity contribution in [2.75, 3.05) is 10.8 Å². The molecule has 6 nitrogen and oxygen atoms in total. The summed E-state index contributed by atoms with van der Waals surface area (Å²) in [7, 11) is -3.99. The Morgan fingerprint density at radius 2 is 1.90 bits per heavy atom. The fourth-order valence-electron chi connectivity index (χ4n) is 3.01. The number of anilines is 1. The minimum absolute atomic E-state index is 0.0209. The molecule has 1 N–H and O–H groups in total. The summed E-state index contributed by atoms with van der Waals surface area (Å²) in [5.74, 6) is -0.400. The molecule has 1 unspecified atom stereocenters. The van der Waals surface area contributed by atoms with Gasteiger partial charge < -0.3 is 5.32 Å². The molecule has 8 heteroatoms. The van der Waals surface area contributed by atoms with Gasteiger partial charge in [0, 0.05) is 11.8 Å². The summed E-state index contributed by atoms with van der Waals surface area (Å²) in [6.07, 6.45) is 3.13. The van der Waals surface area contributed by atoms with Crippen LogP contribution < -0.4 is 9.62 Å². The highest BCUT2D eigenvalue weighted by Gasteiger charge is 2.26. The molecule has 160 valence electrons. The van der Waals surface area contributed by atoms with E-state index in [2.05, 4.69) is 16.9 Å². The highest BCUT2D eigenvalue weighted by Crippen LogP contribution is 2.30. The Labute approximate surface area is 187 Å². The number of sulfonamides is 1. The number of halogens is 1. The molecule has 0 aliphatic heterocycles. The molecule has 0 saturated carbocycles. The molecule has 0 aliphatic carbocycles. The van der Waals surface area contributed by atoms with Crippen LogP contribution in [0.5, 0.6) is 0 Å². The summed E-state index contributed by atoms with van der Waals surface area (Å²) in [4.78, 5) is 17.0. The molecule has 0 bridgehead atoms. The fraction of sp³-hybridized carbons (Fsp3) is 0.130. The third kappa shape index (κ3) is 5.13. The maximum atomic E-state index is 13.4. The number of hydrogen-bond donors (Lipinski definition) is 1. The molecule has 2 aromatic carbocycles. The fourth-order valence-corrected chi connectivity index (χ4v) is 4.80. The van der Waals surface area contributed by atoms with Crippen LogP contribution in [0.3, 0.4) is 0 Å². The Morgan fingerprint density at radius 1 is 1.16 bits per heavy atom. The summed E-state index contributed by atoms with van der Waals surface area (Å²) < 4.78 is 27.9. The normalized spacial score (nSPS) is 12.1. The molecular formula is C23H22ClN3O3S. The van der Waals surface area contributed by atoms with Gasteiger partial charge in [-0.1, -0.05) is 41.9 Å². The second-order valence-electron chi connectivity index (χ2n) is 6.75. The molecule has 1 aromatic heterocycles. The molecular weight excluding hydrogens is 434 g/mol. The first-order valence-corrected chi connectivity index (χ1v) is 11.4. The van der Waals surface area contributed by atoms with Crippen molar-refractivity contribution in [1.82, 2.24) is 10.3 Å². The Morgan fingerprint density at radius 3 is 2.58 bits per heavy atom. The van der Waals surface area contributed by atoms with E-state index in [1.807, 2.05) is 19.1 Å². The first-order valence-electron chi connectivity index (χ1n) is 9.54. The van der Waals surface area contributed by atoms with Crippen molar-refractivity contribution in [2.45, 2.75) is 17.9 Å². The van der Waals surface area contributed by atoms with Gasteiger partial charge in [0.25, 0.3) is 15.9 Å². The van der Waals surface area contributed by atoms with E-state index in [4.69, 9.17) is 11.6 Å². The van der Waals surface area contributed by atoms with Crippen molar-refractivity contribution >= 4 is 33.2 Å². The zero-order valence-electron chi connectivity index (χ0n) is 16.9. The number of benzene rings is 2. The van der Waals surface area contributed by atoms with Crippen molar-refractivity contribution in [2.24, 2.45) is 0 Å². The molecule has 0 fully saturated rings. The highest BCUT2D eigenvalue weighted by atomic mass is 35.5. The van der Waals surface area contributed by atoms with Crippen LogP contribution in [-0.2, 0) is 10.0 Å². The number of carbonyl (C=O) groups is 1. The predicted molar refractivity (Wildman–Crippen MR) is 123 cm³/mol. The van der Waals surface area contributed by atoms with E-state index in [-0.39, 0.29) is 23.0 Å². The molecule has 1 atom stereocenters. The third-order valence-corrected chi connectivity index (χ3v) is 6.67. The minimum atomic E-state index is -3.99. The number of hydrogen-bond acceptors (Lipinski definition) is 4. The number of pyridine rings is 1. The largest absolute Gasteiger partial charge is 0.344 e. The monoisotopic (exact) mass is 455 g/mol. The molecule has 0 radical (unpaired) electrons. The molecule has 0 saturated heterocycles. The van der Waals surface area contributed by atoms with Crippen LogP contribution in [0, 0.1) is 0 Å². The summed E-state index contributed by atoms with van der Waals surface area (Å²) in [5, 5.41) is 3.14. The molecule has 1 amide bonds. The number of amides is 1. The van der Waals surface area contributed by atoms with Gasteiger partial charge in [0.05, 0.1) is 33.9 Å².